The molecule has 1 heterocycles. The van der Waals surface area contributed by atoms with E-state index in [2.05, 4.69) is 0 Å². The van der Waals surface area contributed by atoms with Crippen molar-refractivity contribution >= 4 is 17.6 Å². The molecule has 18 heavy (non-hydrogen) atoms. The maximum atomic E-state index is 11.8. The minimum absolute atomic E-state index is 0.0327. The van der Waals surface area contributed by atoms with Crippen LogP contribution in [0.5, 0.6) is 5.75 Å². The number of carbonyl (C=O) groups is 2. The first-order valence-corrected chi connectivity index (χ1v) is 5.74. The molecule has 0 bridgehead atoms. The van der Waals surface area contributed by atoms with Gasteiger partial charge in [0.05, 0.1) is 25.5 Å². The molecular weight excluding hydrogens is 234 g/mol. The highest BCUT2D eigenvalue weighted by Crippen LogP contribution is 2.29. The van der Waals surface area contributed by atoms with E-state index in [0.717, 1.165) is 6.42 Å². The van der Waals surface area contributed by atoms with E-state index in [1.807, 2.05) is 0 Å². The van der Waals surface area contributed by atoms with Gasteiger partial charge in [-0.3, -0.25) is 4.79 Å². The molecule has 5 nitrogen and oxygen atoms in total. The van der Waals surface area contributed by atoms with Crippen molar-refractivity contribution in [3.8, 4) is 5.75 Å². The summed E-state index contributed by atoms with van der Waals surface area (Å²) in [6, 6.07) is 5.04. The molecule has 1 fully saturated rings. The fourth-order valence-corrected chi connectivity index (χ4v) is 2.05. The number of rotatable bonds is 3. The third-order valence-corrected chi connectivity index (χ3v) is 2.97. The van der Waals surface area contributed by atoms with Crippen LogP contribution in [0.3, 0.4) is 0 Å². The van der Waals surface area contributed by atoms with Crippen LogP contribution in [0.1, 0.15) is 23.2 Å². The van der Waals surface area contributed by atoms with Gasteiger partial charge in [-0.15, -0.1) is 0 Å². The number of carbonyl (C=O) groups excluding carboxylic acids is 2. The Morgan fingerprint density at radius 2 is 2.11 bits per heavy atom. The Bertz CT molecular complexity index is 484. The van der Waals surface area contributed by atoms with Gasteiger partial charge in [0.1, 0.15) is 5.75 Å². The van der Waals surface area contributed by atoms with Crippen molar-refractivity contribution < 1.29 is 19.1 Å². The van der Waals surface area contributed by atoms with E-state index in [-0.39, 0.29) is 5.91 Å². The van der Waals surface area contributed by atoms with Crippen molar-refractivity contribution in [3.63, 3.8) is 0 Å². The average molecular weight is 249 g/mol. The number of esters is 1. The van der Waals surface area contributed by atoms with Gasteiger partial charge in [0.25, 0.3) is 0 Å². The molecule has 5 heteroatoms. The Labute approximate surface area is 105 Å². The molecule has 0 N–H and O–H groups in total. The third-order valence-electron chi connectivity index (χ3n) is 2.97. The number of hydrogen-bond donors (Lipinski definition) is 0. The Balaban J connectivity index is 2.45. The highest BCUT2D eigenvalue weighted by atomic mass is 16.5. The summed E-state index contributed by atoms with van der Waals surface area (Å²) in [4.78, 5) is 25.1. The van der Waals surface area contributed by atoms with Crippen LogP contribution in [-0.2, 0) is 9.53 Å². The first-order valence-electron chi connectivity index (χ1n) is 5.74. The predicted molar refractivity (Wildman–Crippen MR) is 65.9 cm³/mol. The maximum absolute atomic E-state index is 11.8. The molecule has 1 aliphatic rings. The molecule has 0 spiro atoms. The molecule has 0 aromatic heterocycles. The first kappa shape index (κ1) is 12.4. The maximum Gasteiger partial charge on any atom is 0.340 e. The number of anilines is 1. The molecule has 0 radical (unpaired) electrons. The summed E-state index contributed by atoms with van der Waals surface area (Å²) in [6.45, 7) is 0.634. The summed E-state index contributed by atoms with van der Waals surface area (Å²) >= 11 is 0. The molecule has 1 aromatic carbocycles. The second-order valence-electron chi connectivity index (χ2n) is 4.02. The Morgan fingerprint density at radius 1 is 1.33 bits per heavy atom. The molecule has 1 aromatic rings. The van der Waals surface area contributed by atoms with Crippen LogP contribution in [-0.4, -0.2) is 32.6 Å². The van der Waals surface area contributed by atoms with Crippen molar-refractivity contribution in [3.05, 3.63) is 23.8 Å². The normalized spacial score (nSPS) is 14.8. The van der Waals surface area contributed by atoms with Crippen LogP contribution < -0.4 is 9.64 Å². The van der Waals surface area contributed by atoms with Crippen molar-refractivity contribution in [1.82, 2.24) is 0 Å². The summed E-state index contributed by atoms with van der Waals surface area (Å²) in [7, 11) is 2.84. The summed E-state index contributed by atoms with van der Waals surface area (Å²) < 4.78 is 9.82. The summed E-state index contributed by atoms with van der Waals surface area (Å²) in [6.07, 6.45) is 1.33. The van der Waals surface area contributed by atoms with Crippen molar-refractivity contribution in [2.45, 2.75) is 12.8 Å². The van der Waals surface area contributed by atoms with Gasteiger partial charge >= 0.3 is 5.97 Å². The van der Waals surface area contributed by atoms with E-state index in [0.29, 0.717) is 30.0 Å². The molecule has 1 amide bonds. The van der Waals surface area contributed by atoms with Crippen molar-refractivity contribution in [1.29, 1.82) is 0 Å². The van der Waals surface area contributed by atoms with E-state index in [1.54, 1.807) is 23.1 Å². The van der Waals surface area contributed by atoms with Gasteiger partial charge in [0.15, 0.2) is 0 Å². The fraction of sp³-hybridized carbons (Fsp3) is 0.385. The van der Waals surface area contributed by atoms with Crippen LogP contribution in [0, 0.1) is 0 Å². The predicted octanol–water partition coefficient (Wildman–Crippen LogP) is 1.61. The summed E-state index contributed by atoms with van der Waals surface area (Å²) in [5, 5.41) is 0. The monoisotopic (exact) mass is 249 g/mol. The number of nitrogens with zero attached hydrogens (tertiary/aromatic N) is 1. The lowest BCUT2D eigenvalue weighted by Gasteiger charge is -2.19. The quantitative estimate of drug-likeness (QED) is 0.764. The fourth-order valence-electron chi connectivity index (χ4n) is 2.05. The van der Waals surface area contributed by atoms with E-state index in [1.165, 1.54) is 14.2 Å². The number of ether oxygens (including phenoxy) is 2. The lowest BCUT2D eigenvalue weighted by Crippen LogP contribution is -2.26. The molecule has 0 atom stereocenters. The third kappa shape index (κ3) is 2.16. The molecule has 0 saturated carbocycles. The van der Waals surface area contributed by atoms with E-state index in [4.69, 9.17) is 9.47 Å². The molecule has 96 valence electrons. The van der Waals surface area contributed by atoms with Gasteiger partial charge < -0.3 is 14.4 Å². The van der Waals surface area contributed by atoms with E-state index < -0.39 is 5.97 Å². The van der Waals surface area contributed by atoms with Gasteiger partial charge in [-0.05, 0) is 24.6 Å². The zero-order chi connectivity index (χ0) is 13.1. The Hall–Kier alpha value is -2.04. The lowest BCUT2D eigenvalue weighted by atomic mass is 10.1. The molecule has 0 unspecified atom stereocenters. The van der Waals surface area contributed by atoms with E-state index >= 15 is 0 Å². The minimum atomic E-state index is -0.469. The van der Waals surface area contributed by atoms with Gasteiger partial charge in [0.2, 0.25) is 5.91 Å². The highest BCUT2D eigenvalue weighted by molar-refractivity contribution is 6.03. The van der Waals surface area contributed by atoms with Crippen molar-refractivity contribution in [2.75, 3.05) is 25.7 Å². The van der Waals surface area contributed by atoms with Crippen LogP contribution >= 0.6 is 0 Å². The number of hydrogen-bond acceptors (Lipinski definition) is 4. The summed E-state index contributed by atoms with van der Waals surface area (Å²) in [5.74, 6) is 0.125. The Kier molecular flexibility index (Phi) is 3.50. The van der Waals surface area contributed by atoms with Gasteiger partial charge in [-0.2, -0.15) is 0 Å². The molecular formula is C13H15NO4. The molecule has 1 saturated heterocycles. The largest absolute Gasteiger partial charge is 0.497 e. The topological polar surface area (TPSA) is 55.8 Å². The minimum Gasteiger partial charge on any atom is -0.497 e. The van der Waals surface area contributed by atoms with Gasteiger partial charge in [-0.1, -0.05) is 0 Å². The average Bonchev–Trinajstić information content (AvgIpc) is 2.83. The zero-order valence-corrected chi connectivity index (χ0v) is 10.4. The van der Waals surface area contributed by atoms with Crippen LogP contribution in [0.15, 0.2) is 18.2 Å². The highest BCUT2D eigenvalue weighted by Gasteiger charge is 2.26. The van der Waals surface area contributed by atoms with Gasteiger partial charge in [0, 0.05) is 13.0 Å². The Morgan fingerprint density at radius 3 is 2.67 bits per heavy atom. The lowest BCUT2D eigenvalue weighted by molar-refractivity contribution is -0.117. The number of benzene rings is 1. The van der Waals surface area contributed by atoms with Crippen LogP contribution in [0.4, 0.5) is 5.69 Å². The molecule has 0 aliphatic carbocycles. The smallest absolute Gasteiger partial charge is 0.340 e. The molecule has 1 aliphatic heterocycles. The van der Waals surface area contributed by atoms with Crippen molar-refractivity contribution in [2.24, 2.45) is 0 Å². The number of amides is 1. The SMILES string of the molecule is COC(=O)c1cc(OC)ccc1N1CCCC1=O. The van der Waals surface area contributed by atoms with E-state index in [9.17, 15) is 9.59 Å². The van der Waals surface area contributed by atoms with Crippen LogP contribution in [0.25, 0.3) is 0 Å². The second kappa shape index (κ2) is 5.08. The zero-order valence-electron chi connectivity index (χ0n) is 10.4. The molecule has 2 rings (SSSR count). The first-order chi connectivity index (χ1) is 8.67. The number of methoxy groups -OCH3 is 2. The standard InChI is InChI=1S/C13H15NO4/c1-17-9-5-6-11(10(8-9)13(16)18-2)14-7-3-4-12(14)15/h5-6,8H,3-4,7H2,1-2H3. The second-order valence-corrected chi connectivity index (χ2v) is 4.02. The summed E-state index contributed by atoms with van der Waals surface area (Å²) in [5.41, 5.74) is 0.942. The van der Waals surface area contributed by atoms with Gasteiger partial charge in [-0.25, -0.2) is 4.79 Å². The van der Waals surface area contributed by atoms with Crippen LogP contribution in [0.2, 0.25) is 0 Å².